The van der Waals surface area contributed by atoms with Gasteiger partial charge in [0.25, 0.3) is 0 Å². The Morgan fingerprint density at radius 1 is 1.61 bits per heavy atom. The van der Waals surface area contributed by atoms with E-state index in [1.807, 2.05) is 0 Å². The van der Waals surface area contributed by atoms with Crippen LogP contribution < -0.4 is 5.73 Å². The fourth-order valence-corrected chi connectivity index (χ4v) is 3.01. The minimum atomic E-state index is -0.441. The highest BCUT2D eigenvalue weighted by atomic mass is 35.5. The molecule has 0 aromatic carbocycles. The topological polar surface area (TPSA) is 60.9 Å². The predicted molar refractivity (Wildman–Crippen MR) is 71.7 cm³/mol. The summed E-state index contributed by atoms with van der Waals surface area (Å²) in [7, 11) is 1.74. The van der Waals surface area contributed by atoms with Gasteiger partial charge in [0.1, 0.15) is 5.69 Å². The highest BCUT2D eigenvalue weighted by molar-refractivity contribution is 6.33. The van der Waals surface area contributed by atoms with Crippen molar-refractivity contribution in [2.24, 2.45) is 24.1 Å². The van der Waals surface area contributed by atoms with E-state index in [2.05, 4.69) is 12.0 Å². The maximum atomic E-state index is 12.7. The van der Waals surface area contributed by atoms with Crippen molar-refractivity contribution in [3.05, 3.63) is 16.9 Å². The molecule has 1 aromatic rings. The number of Topliss-reactive ketones (excluding diaryl/α,β-unsaturated/α-hetero) is 1. The van der Waals surface area contributed by atoms with Gasteiger partial charge in [-0.05, 0) is 31.6 Å². The summed E-state index contributed by atoms with van der Waals surface area (Å²) in [5.41, 5.74) is 5.95. The van der Waals surface area contributed by atoms with Crippen molar-refractivity contribution in [3.8, 4) is 0 Å². The quantitative estimate of drug-likeness (QED) is 0.857. The van der Waals surface area contributed by atoms with Gasteiger partial charge >= 0.3 is 0 Å². The second-order valence-electron chi connectivity index (χ2n) is 5.46. The fourth-order valence-electron chi connectivity index (χ4n) is 2.76. The van der Waals surface area contributed by atoms with Gasteiger partial charge in [0.15, 0.2) is 5.78 Å². The molecule has 0 radical (unpaired) electrons. The Hall–Kier alpha value is -0.870. The molecule has 2 N–H and O–H groups in total. The van der Waals surface area contributed by atoms with E-state index in [1.54, 1.807) is 11.7 Å². The Morgan fingerprint density at radius 2 is 2.22 bits per heavy atom. The summed E-state index contributed by atoms with van der Waals surface area (Å²) >= 11 is 6.06. The van der Waals surface area contributed by atoms with Crippen molar-refractivity contribution in [3.63, 3.8) is 0 Å². The van der Waals surface area contributed by atoms with Crippen molar-refractivity contribution in [2.45, 2.75) is 32.6 Å². The number of aryl methyl sites for hydroxylation is 1. The molecule has 4 nitrogen and oxygen atoms in total. The SMILES string of the molecule is CC1CCC(CN)(C(=O)c2c(Cl)cnn2C)CC1. The largest absolute Gasteiger partial charge is 0.329 e. The van der Waals surface area contributed by atoms with E-state index < -0.39 is 5.41 Å². The van der Waals surface area contributed by atoms with Crippen molar-refractivity contribution >= 4 is 17.4 Å². The number of nitrogens with zero attached hydrogens (tertiary/aromatic N) is 2. The molecule has 2 rings (SSSR count). The van der Waals surface area contributed by atoms with E-state index in [0.717, 1.165) is 25.7 Å². The van der Waals surface area contributed by atoms with Crippen molar-refractivity contribution in [2.75, 3.05) is 6.54 Å². The number of carbonyl (C=O) groups is 1. The first kappa shape index (κ1) is 13.6. The minimum absolute atomic E-state index is 0.0573. The molecule has 5 heteroatoms. The average molecular weight is 270 g/mol. The van der Waals surface area contributed by atoms with Crippen LogP contribution in [0.15, 0.2) is 6.20 Å². The Labute approximate surface area is 112 Å². The average Bonchev–Trinajstić information content (AvgIpc) is 2.70. The number of aromatic nitrogens is 2. The van der Waals surface area contributed by atoms with Crippen LogP contribution in [-0.2, 0) is 7.05 Å². The van der Waals surface area contributed by atoms with E-state index in [4.69, 9.17) is 17.3 Å². The molecular weight excluding hydrogens is 250 g/mol. The van der Waals surface area contributed by atoms with Crippen LogP contribution in [0.25, 0.3) is 0 Å². The molecule has 1 saturated carbocycles. The number of rotatable bonds is 3. The molecule has 18 heavy (non-hydrogen) atoms. The van der Waals surface area contributed by atoms with Crippen LogP contribution in [0.2, 0.25) is 5.02 Å². The van der Waals surface area contributed by atoms with Gasteiger partial charge in [-0.25, -0.2) is 0 Å². The molecule has 1 fully saturated rings. The highest BCUT2D eigenvalue weighted by Crippen LogP contribution is 2.41. The lowest BCUT2D eigenvalue weighted by atomic mass is 9.67. The maximum absolute atomic E-state index is 12.7. The van der Waals surface area contributed by atoms with Crippen molar-refractivity contribution in [1.82, 2.24) is 9.78 Å². The summed E-state index contributed by atoms with van der Waals surface area (Å²) in [6.45, 7) is 2.61. The van der Waals surface area contributed by atoms with E-state index in [-0.39, 0.29) is 5.78 Å². The number of ketones is 1. The van der Waals surface area contributed by atoms with Crippen LogP contribution >= 0.6 is 11.6 Å². The van der Waals surface area contributed by atoms with Crippen LogP contribution in [0.5, 0.6) is 0 Å². The Bertz CT molecular complexity index is 428. The van der Waals surface area contributed by atoms with Gasteiger partial charge in [0.05, 0.1) is 11.2 Å². The van der Waals surface area contributed by atoms with Crippen molar-refractivity contribution in [1.29, 1.82) is 0 Å². The lowest BCUT2D eigenvalue weighted by Gasteiger charge is -2.37. The van der Waals surface area contributed by atoms with Crippen LogP contribution in [0.3, 0.4) is 0 Å². The molecule has 1 aliphatic rings. The maximum Gasteiger partial charge on any atom is 0.189 e. The molecule has 0 bridgehead atoms. The van der Waals surface area contributed by atoms with Crippen LogP contribution in [-0.4, -0.2) is 22.1 Å². The van der Waals surface area contributed by atoms with E-state index in [0.29, 0.717) is 23.2 Å². The van der Waals surface area contributed by atoms with Crippen LogP contribution in [0.4, 0.5) is 0 Å². The predicted octanol–water partition coefficient (Wildman–Crippen LogP) is 2.41. The molecule has 100 valence electrons. The molecule has 0 aliphatic heterocycles. The van der Waals surface area contributed by atoms with Crippen LogP contribution in [0, 0.1) is 11.3 Å². The number of hydrogen-bond acceptors (Lipinski definition) is 3. The third kappa shape index (κ3) is 2.19. The summed E-state index contributed by atoms with van der Waals surface area (Å²) in [5.74, 6) is 0.737. The summed E-state index contributed by atoms with van der Waals surface area (Å²) in [4.78, 5) is 12.7. The zero-order chi connectivity index (χ0) is 13.3. The highest BCUT2D eigenvalue weighted by Gasteiger charge is 2.42. The monoisotopic (exact) mass is 269 g/mol. The molecule has 0 saturated heterocycles. The van der Waals surface area contributed by atoms with Gasteiger partial charge in [-0.2, -0.15) is 5.10 Å². The standard InChI is InChI=1S/C13H20ClN3O/c1-9-3-5-13(8-15,6-4-9)12(18)11-10(14)7-16-17(11)2/h7,9H,3-6,8,15H2,1-2H3. The molecule has 1 aromatic heterocycles. The van der Waals surface area contributed by atoms with Gasteiger partial charge in [0, 0.05) is 19.0 Å². The lowest BCUT2D eigenvalue weighted by molar-refractivity contribution is 0.0685. The molecule has 1 heterocycles. The first-order chi connectivity index (χ1) is 8.50. The summed E-state index contributed by atoms with van der Waals surface area (Å²) in [6, 6.07) is 0. The van der Waals surface area contributed by atoms with Crippen LogP contribution in [0.1, 0.15) is 43.1 Å². The number of nitrogens with two attached hydrogens (primary N) is 1. The zero-order valence-corrected chi connectivity index (χ0v) is 11.7. The van der Waals surface area contributed by atoms with Gasteiger partial charge in [-0.1, -0.05) is 18.5 Å². The Kier molecular flexibility index (Phi) is 3.78. The molecule has 0 unspecified atom stereocenters. The second kappa shape index (κ2) is 5.02. The Balaban J connectivity index is 2.31. The lowest BCUT2D eigenvalue weighted by Crippen LogP contribution is -2.42. The smallest absolute Gasteiger partial charge is 0.189 e. The van der Waals surface area contributed by atoms with Gasteiger partial charge in [-0.3, -0.25) is 9.48 Å². The van der Waals surface area contributed by atoms with Gasteiger partial charge in [0.2, 0.25) is 0 Å². The third-order valence-corrected chi connectivity index (χ3v) is 4.49. The summed E-state index contributed by atoms with van der Waals surface area (Å²) < 4.78 is 1.56. The first-order valence-electron chi connectivity index (χ1n) is 6.42. The molecule has 0 atom stereocenters. The first-order valence-corrected chi connectivity index (χ1v) is 6.80. The van der Waals surface area contributed by atoms with E-state index in [9.17, 15) is 4.79 Å². The number of halogens is 1. The van der Waals surface area contributed by atoms with Gasteiger partial charge < -0.3 is 5.73 Å². The number of carbonyl (C=O) groups excluding carboxylic acids is 1. The third-order valence-electron chi connectivity index (χ3n) is 4.21. The molecule has 1 aliphatic carbocycles. The normalized spacial score (nSPS) is 28.3. The van der Waals surface area contributed by atoms with E-state index in [1.165, 1.54) is 6.20 Å². The minimum Gasteiger partial charge on any atom is -0.329 e. The van der Waals surface area contributed by atoms with Gasteiger partial charge in [-0.15, -0.1) is 0 Å². The number of hydrogen-bond donors (Lipinski definition) is 1. The van der Waals surface area contributed by atoms with Crippen molar-refractivity contribution < 1.29 is 4.79 Å². The summed E-state index contributed by atoms with van der Waals surface area (Å²) in [6.07, 6.45) is 5.33. The zero-order valence-electron chi connectivity index (χ0n) is 10.9. The molecule has 0 spiro atoms. The molecule has 0 amide bonds. The fraction of sp³-hybridized carbons (Fsp3) is 0.692. The van der Waals surface area contributed by atoms with E-state index >= 15 is 0 Å². The molecular formula is C13H20ClN3O. The Morgan fingerprint density at radius 3 is 2.67 bits per heavy atom. The second-order valence-corrected chi connectivity index (χ2v) is 5.87. The summed E-state index contributed by atoms with van der Waals surface area (Å²) in [5, 5.41) is 4.46.